The van der Waals surface area contributed by atoms with Gasteiger partial charge in [-0.1, -0.05) is 41.4 Å². The number of carbonyl (C=O) groups excluding carboxylic acids is 1. The van der Waals surface area contributed by atoms with E-state index in [2.05, 4.69) is 15.6 Å². The first-order valence-corrected chi connectivity index (χ1v) is 8.47. The van der Waals surface area contributed by atoms with Crippen molar-refractivity contribution in [3.8, 4) is 0 Å². The fourth-order valence-corrected chi connectivity index (χ4v) is 2.61. The van der Waals surface area contributed by atoms with E-state index in [0.29, 0.717) is 28.5 Å². The molecule has 4 nitrogen and oxygen atoms in total. The highest BCUT2D eigenvalue weighted by Gasteiger charge is 2.11. The predicted octanol–water partition coefficient (Wildman–Crippen LogP) is 5.39. The van der Waals surface area contributed by atoms with Gasteiger partial charge in [-0.05, 0) is 35.9 Å². The summed E-state index contributed by atoms with van der Waals surface area (Å²) in [6.07, 6.45) is 3.06. The summed E-state index contributed by atoms with van der Waals surface area (Å²) < 4.78 is 12.9. The molecule has 132 valence electrons. The lowest BCUT2D eigenvalue weighted by Crippen LogP contribution is -2.13. The van der Waals surface area contributed by atoms with Crippen molar-refractivity contribution in [3.05, 3.63) is 87.9 Å². The summed E-state index contributed by atoms with van der Waals surface area (Å²) in [5, 5.41) is 6.50. The molecule has 0 bridgehead atoms. The number of anilines is 2. The van der Waals surface area contributed by atoms with Crippen molar-refractivity contribution < 1.29 is 9.18 Å². The number of benzene rings is 2. The van der Waals surface area contributed by atoms with E-state index in [9.17, 15) is 9.18 Å². The molecule has 2 aromatic carbocycles. The molecule has 0 saturated heterocycles. The Kier molecular flexibility index (Phi) is 5.71. The highest BCUT2D eigenvalue weighted by Crippen LogP contribution is 2.29. The molecular weight excluding hydrogens is 376 g/mol. The molecule has 0 aliphatic rings. The molecule has 3 aromatic rings. The number of nitrogens with one attached hydrogen (secondary N) is 2. The second-order valence-electron chi connectivity index (χ2n) is 5.50. The first-order valence-electron chi connectivity index (χ1n) is 7.71. The molecule has 0 radical (unpaired) electrons. The van der Waals surface area contributed by atoms with Crippen LogP contribution < -0.4 is 10.6 Å². The number of pyridine rings is 1. The zero-order chi connectivity index (χ0) is 18.5. The molecule has 0 saturated carbocycles. The standard InChI is InChI=1S/C19H14Cl2FN3O/c20-16-2-1-3-17(18(16)21)25-19(26)13-8-15(11-23-10-13)24-9-12-4-6-14(22)7-5-12/h1-8,10-11,24H,9H2,(H,25,26). The number of hydrogen-bond acceptors (Lipinski definition) is 3. The Morgan fingerprint density at radius 3 is 2.62 bits per heavy atom. The van der Waals surface area contributed by atoms with Gasteiger partial charge < -0.3 is 10.6 Å². The number of rotatable bonds is 5. The molecule has 0 atom stereocenters. The molecule has 0 aliphatic heterocycles. The van der Waals surface area contributed by atoms with E-state index in [1.54, 1.807) is 42.6 Å². The van der Waals surface area contributed by atoms with Crippen molar-refractivity contribution in [3.63, 3.8) is 0 Å². The van der Waals surface area contributed by atoms with Gasteiger partial charge in [-0.3, -0.25) is 9.78 Å². The van der Waals surface area contributed by atoms with Crippen LogP contribution in [0.5, 0.6) is 0 Å². The topological polar surface area (TPSA) is 54.0 Å². The summed E-state index contributed by atoms with van der Waals surface area (Å²) >= 11 is 12.0. The number of aromatic nitrogens is 1. The Balaban J connectivity index is 1.69. The maximum Gasteiger partial charge on any atom is 0.257 e. The molecule has 26 heavy (non-hydrogen) atoms. The van der Waals surface area contributed by atoms with Crippen molar-refractivity contribution in [2.75, 3.05) is 10.6 Å². The van der Waals surface area contributed by atoms with Crippen LogP contribution in [0.4, 0.5) is 15.8 Å². The second kappa shape index (κ2) is 8.17. The Morgan fingerprint density at radius 1 is 1.08 bits per heavy atom. The number of carbonyl (C=O) groups is 1. The molecule has 1 amide bonds. The van der Waals surface area contributed by atoms with Gasteiger partial charge in [-0.2, -0.15) is 0 Å². The average molecular weight is 390 g/mol. The van der Waals surface area contributed by atoms with E-state index in [1.165, 1.54) is 18.3 Å². The molecule has 7 heteroatoms. The molecule has 2 N–H and O–H groups in total. The minimum atomic E-state index is -0.355. The lowest BCUT2D eigenvalue weighted by molar-refractivity contribution is 0.102. The van der Waals surface area contributed by atoms with E-state index < -0.39 is 0 Å². The van der Waals surface area contributed by atoms with Gasteiger partial charge in [0.25, 0.3) is 5.91 Å². The highest BCUT2D eigenvalue weighted by atomic mass is 35.5. The third kappa shape index (κ3) is 4.50. The zero-order valence-corrected chi connectivity index (χ0v) is 15.0. The van der Waals surface area contributed by atoms with Crippen LogP contribution >= 0.6 is 23.2 Å². The van der Waals surface area contributed by atoms with Gasteiger partial charge in [0.05, 0.1) is 27.0 Å². The third-order valence-corrected chi connectivity index (χ3v) is 4.43. The smallest absolute Gasteiger partial charge is 0.257 e. The average Bonchev–Trinajstić information content (AvgIpc) is 2.65. The molecular formula is C19H14Cl2FN3O. The predicted molar refractivity (Wildman–Crippen MR) is 102 cm³/mol. The molecule has 3 rings (SSSR count). The molecule has 0 unspecified atom stereocenters. The summed E-state index contributed by atoms with van der Waals surface area (Å²) in [6.45, 7) is 0.479. The lowest BCUT2D eigenvalue weighted by Gasteiger charge is -2.10. The Hall–Kier alpha value is -2.63. The van der Waals surface area contributed by atoms with Gasteiger partial charge in [-0.15, -0.1) is 0 Å². The summed E-state index contributed by atoms with van der Waals surface area (Å²) in [6, 6.07) is 12.8. The van der Waals surface area contributed by atoms with Gasteiger partial charge >= 0.3 is 0 Å². The normalized spacial score (nSPS) is 10.4. The lowest BCUT2D eigenvalue weighted by atomic mass is 10.2. The van der Waals surface area contributed by atoms with Crippen LogP contribution in [-0.2, 0) is 6.54 Å². The van der Waals surface area contributed by atoms with Crippen molar-refractivity contribution >= 4 is 40.5 Å². The molecule has 0 spiro atoms. The number of halogens is 3. The van der Waals surface area contributed by atoms with Gasteiger partial charge in [0, 0.05) is 18.9 Å². The van der Waals surface area contributed by atoms with Crippen molar-refractivity contribution in [2.24, 2.45) is 0 Å². The quantitative estimate of drug-likeness (QED) is 0.614. The summed E-state index contributed by atoms with van der Waals surface area (Å²) in [5.41, 5.74) is 2.37. The summed E-state index contributed by atoms with van der Waals surface area (Å²) in [4.78, 5) is 16.5. The van der Waals surface area contributed by atoms with Crippen LogP contribution in [0, 0.1) is 5.82 Å². The first kappa shape index (κ1) is 18.2. The maximum atomic E-state index is 12.9. The van der Waals surface area contributed by atoms with Gasteiger partial charge in [-0.25, -0.2) is 4.39 Å². The minimum Gasteiger partial charge on any atom is -0.380 e. The first-order chi connectivity index (χ1) is 12.5. The molecule has 0 fully saturated rings. The van der Waals surface area contributed by atoms with Gasteiger partial charge in [0.1, 0.15) is 5.82 Å². The van der Waals surface area contributed by atoms with E-state index in [-0.39, 0.29) is 16.7 Å². The fraction of sp³-hybridized carbons (Fsp3) is 0.0526. The van der Waals surface area contributed by atoms with Crippen molar-refractivity contribution in [1.82, 2.24) is 4.98 Å². The van der Waals surface area contributed by atoms with Crippen LogP contribution in [0.15, 0.2) is 60.9 Å². The second-order valence-corrected chi connectivity index (χ2v) is 6.28. The van der Waals surface area contributed by atoms with Crippen molar-refractivity contribution in [1.29, 1.82) is 0 Å². The van der Waals surface area contributed by atoms with Crippen LogP contribution in [0.2, 0.25) is 10.0 Å². The third-order valence-electron chi connectivity index (χ3n) is 3.61. The Morgan fingerprint density at radius 2 is 1.85 bits per heavy atom. The Labute approximate surface area is 160 Å². The number of hydrogen-bond donors (Lipinski definition) is 2. The van der Waals surface area contributed by atoms with Crippen molar-refractivity contribution in [2.45, 2.75) is 6.54 Å². The maximum absolute atomic E-state index is 12.9. The largest absolute Gasteiger partial charge is 0.380 e. The monoisotopic (exact) mass is 389 g/mol. The zero-order valence-electron chi connectivity index (χ0n) is 13.5. The van der Waals surface area contributed by atoms with Crippen LogP contribution in [0.1, 0.15) is 15.9 Å². The van der Waals surface area contributed by atoms with E-state index in [4.69, 9.17) is 23.2 Å². The SMILES string of the molecule is O=C(Nc1cccc(Cl)c1Cl)c1cncc(NCc2ccc(F)cc2)c1. The van der Waals surface area contributed by atoms with Crippen LogP contribution in [0.25, 0.3) is 0 Å². The number of nitrogens with zero attached hydrogens (tertiary/aromatic N) is 1. The van der Waals surface area contributed by atoms with Crippen LogP contribution in [0.3, 0.4) is 0 Å². The van der Waals surface area contributed by atoms with E-state index in [0.717, 1.165) is 5.56 Å². The highest BCUT2D eigenvalue weighted by molar-refractivity contribution is 6.44. The summed E-state index contributed by atoms with van der Waals surface area (Å²) in [5.74, 6) is -0.638. The molecule has 1 aromatic heterocycles. The minimum absolute atomic E-state index is 0.279. The molecule has 1 heterocycles. The number of amides is 1. The Bertz CT molecular complexity index is 932. The molecule has 0 aliphatic carbocycles. The van der Waals surface area contributed by atoms with Gasteiger partial charge in [0.15, 0.2) is 0 Å². The fourth-order valence-electron chi connectivity index (χ4n) is 2.26. The van der Waals surface area contributed by atoms with E-state index >= 15 is 0 Å². The van der Waals surface area contributed by atoms with Gasteiger partial charge in [0.2, 0.25) is 0 Å². The summed E-state index contributed by atoms with van der Waals surface area (Å²) in [7, 11) is 0. The van der Waals surface area contributed by atoms with Crippen LogP contribution in [-0.4, -0.2) is 10.9 Å². The van der Waals surface area contributed by atoms with E-state index in [1.807, 2.05) is 0 Å².